The second-order valence-electron chi connectivity index (χ2n) is 5.99. The smallest absolute Gasteiger partial charge is 0.305 e. The molecule has 1 fully saturated rings. The minimum Gasteiger partial charge on any atom is -0.481 e. The number of thiazole rings is 1. The molecule has 3 rings (SSSR count). The van der Waals surface area contributed by atoms with Crippen molar-refractivity contribution in [3.63, 3.8) is 0 Å². The molecule has 132 valence electrons. The number of carboxylic acids is 1. The lowest BCUT2D eigenvalue weighted by Crippen LogP contribution is -2.47. The van der Waals surface area contributed by atoms with Crippen molar-refractivity contribution < 1.29 is 14.7 Å². The van der Waals surface area contributed by atoms with Gasteiger partial charge in [0.2, 0.25) is 5.91 Å². The molecule has 2 aromatic rings. The molecule has 1 amide bonds. The van der Waals surface area contributed by atoms with Crippen LogP contribution in [0.4, 0.5) is 0 Å². The zero-order valence-electron chi connectivity index (χ0n) is 13.8. The van der Waals surface area contributed by atoms with Crippen LogP contribution < -0.4 is 0 Å². The van der Waals surface area contributed by atoms with E-state index in [1.165, 1.54) is 5.56 Å². The number of benzene rings is 1. The molecular formula is C18H20N2O3S2. The van der Waals surface area contributed by atoms with Gasteiger partial charge in [-0.1, -0.05) is 30.3 Å². The number of thioether (sulfide) groups is 1. The van der Waals surface area contributed by atoms with Gasteiger partial charge in [-0.15, -0.1) is 11.3 Å². The lowest BCUT2D eigenvalue weighted by molar-refractivity contribution is -0.140. The number of aliphatic carboxylic acids is 1. The first-order chi connectivity index (χ1) is 12.1. The molecule has 5 nitrogen and oxygen atoms in total. The summed E-state index contributed by atoms with van der Waals surface area (Å²) in [6.45, 7) is 0.614. The Hall–Kier alpha value is -1.86. The lowest BCUT2D eigenvalue weighted by Gasteiger charge is -2.34. The summed E-state index contributed by atoms with van der Waals surface area (Å²) in [5.41, 5.74) is 1.97. The van der Waals surface area contributed by atoms with E-state index >= 15 is 0 Å². The first kappa shape index (κ1) is 17.9. The largest absolute Gasteiger partial charge is 0.481 e. The summed E-state index contributed by atoms with van der Waals surface area (Å²) in [6, 6.07) is 9.91. The van der Waals surface area contributed by atoms with Crippen LogP contribution in [0.15, 0.2) is 35.7 Å². The predicted molar refractivity (Wildman–Crippen MR) is 100 cm³/mol. The van der Waals surface area contributed by atoms with Gasteiger partial charge >= 0.3 is 5.97 Å². The van der Waals surface area contributed by atoms with Gasteiger partial charge in [-0.05, 0) is 5.56 Å². The van der Waals surface area contributed by atoms with Gasteiger partial charge in [0.25, 0.3) is 0 Å². The summed E-state index contributed by atoms with van der Waals surface area (Å²) in [5, 5.41) is 12.0. The van der Waals surface area contributed by atoms with E-state index in [4.69, 9.17) is 5.11 Å². The minimum absolute atomic E-state index is 0.00899. The summed E-state index contributed by atoms with van der Waals surface area (Å²) in [7, 11) is 0. The van der Waals surface area contributed by atoms with E-state index in [0.717, 1.165) is 22.9 Å². The van der Waals surface area contributed by atoms with Crippen molar-refractivity contribution in [2.75, 3.05) is 18.1 Å². The Balaban J connectivity index is 1.61. The molecule has 1 aromatic carbocycles. The molecule has 1 aliphatic rings. The maximum absolute atomic E-state index is 12.6. The molecule has 25 heavy (non-hydrogen) atoms. The van der Waals surface area contributed by atoms with Gasteiger partial charge < -0.3 is 10.0 Å². The van der Waals surface area contributed by atoms with Crippen LogP contribution in [0.5, 0.6) is 0 Å². The number of nitrogens with zero attached hydrogens (tertiary/aromatic N) is 2. The average molecular weight is 377 g/mol. The molecule has 1 aliphatic heterocycles. The van der Waals surface area contributed by atoms with E-state index in [-0.39, 0.29) is 24.8 Å². The van der Waals surface area contributed by atoms with Gasteiger partial charge in [-0.25, -0.2) is 4.98 Å². The van der Waals surface area contributed by atoms with Crippen LogP contribution in [0.2, 0.25) is 0 Å². The highest BCUT2D eigenvalue weighted by atomic mass is 32.2. The molecule has 0 saturated carbocycles. The summed E-state index contributed by atoms with van der Waals surface area (Å²) >= 11 is 3.27. The second-order valence-corrected chi connectivity index (χ2v) is 8.08. The van der Waals surface area contributed by atoms with E-state index < -0.39 is 5.97 Å². The third kappa shape index (κ3) is 5.06. The molecule has 1 aromatic heterocycles. The number of carbonyl (C=O) groups is 2. The van der Waals surface area contributed by atoms with E-state index in [2.05, 4.69) is 17.1 Å². The van der Waals surface area contributed by atoms with Gasteiger partial charge in [0.05, 0.1) is 29.6 Å². The van der Waals surface area contributed by atoms with Gasteiger partial charge in [0.15, 0.2) is 0 Å². The molecule has 0 bridgehead atoms. The fourth-order valence-electron chi connectivity index (χ4n) is 2.89. The maximum Gasteiger partial charge on any atom is 0.305 e. The fraction of sp³-hybridized carbons (Fsp3) is 0.389. The Morgan fingerprint density at radius 1 is 1.28 bits per heavy atom. The number of aromatic nitrogens is 1. The molecule has 7 heteroatoms. The van der Waals surface area contributed by atoms with Crippen molar-refractivity contribution in [1.29, 1.82) is 0 Å². The van der Waals surface area contributed by atoms with E-state index in [9.17, 15) is 9.59 Å². The van der Waals surface area contributed by atoms with Crippen LogP contribution >= 0.6 is 23.1 Å². The van der Waals surface area contributed by atoms with Gasteiger partial charge in [0, 0.05) is 29.9 Å². The van der Waals surface area contributed by atoms with Crippen molar-refractivity contribution in [3.05, 3.63) is 52.0 Å². The summed E-state index contributed by atoms with van der Waals surface area (Å²) in [6.07, 6.45) is 1.02. The summed E-state index contributed by atoms with van der Waals surface area (Å²) < 4.78 is 0. The third-order valence-electron chi connectivity index (χ3n) is 4.09. The number of rotatable bonds is 6. The molecule has 0 aliphatic carbocycles. The van der Waals surface area contributed by atoms with Gasteiger partial charge in [-0.3, -0.25) is 9.59 Å². The fourth-order valence-corrected chi connectivity index (χ4v) is 4.78. The van der Waals surface area contributed by atoms with Crippen molar-refractivity contribution in [1.82, 2.24) is 9.88 Å². The Kier molecular flexibility index (Phi) is 6.09. The van der Waals surface area contributed by atoms with Crippen LogP contribution in [-0.4, -0.2) is 51.0 Å². The van der Waals surface area contributed by atoms with Crippen LogP contribution in [0.3, 0.4) is 0 Å². The second kappa shape index (κ2) is 8.49. The van der Waals surface area contributed by atoms with Crippen molar-refractivity contribution in [2.24, 2.45) is 0 Å². The summed E-state index contributed by atoms with van der Waals surface area (Å²) in [4.78, 5) is 29.9. The first-order valence-electron chi connectivity index (χ1n) is 8.18. The zero-order valence-corrected chi connectivity index (χ0v) is 15.4. The normalized spacial score (nSPS) is 17.4. The lowest BCUT2D eigenvalue weighted by atomic mass is 10.1. The van der Waals surface area contributed by atoms with Crippen molar-refractivity contribution in [3.8, 4) is 0 Å². The number of carbonyl (C=O) groups excluding carboxylic acids is 1. The summed E-state index contributed by atoms with van der Waals surface area (Å²) in [5.74, 6) is 0.666. The molecular weight excluding hydrogens is 356 g/mol. The highest BCUT2D eigenvalue weighted by Crippen LogP contribution is 2.21. The van der Waals surface area contributed by atoms with E-state index in [1.807, 2.05) is 23.6 Å². The van der Waals surface area contributed by atoms with Crippen LogP contribution in [0, 0.1) is 0 Å². The molecule has 0 spiro atoms. The molecule has 2 heterocycles. The topological polar surface area (TPSA) is 70.5 Å². The zero-order chi connectivity index (χ0) is 17.6. The number of carboxylic acid groups (broad SMARTS) is 1. The van der Waals surface area contributed by atoms with Crippen molar-refractivity contribution in [2.45, 2.75) is 25.3 Å². The quantitative estimate of drug-likeness (QED) is 0.839. The predicted octanol–water partition coefficient (Wildman–Crippen LogP) is 2.70. The Morgan fingerprint density at radius 3 is 2.84 bits per heavy atom. The SMILES string of the molecule is O=C(O)CC1CSCCN1C(=O)Cc1csc(Cc2ccccc2)n1. The molecule has 1 saturated heterocycles. The first-order valence-corrected chi connectivity index (χ1v) is 10.2. The Bertz CT molecular complexity index is 733. The molecule has 1 unspecified atom stereocenters. The molecule has 0 radical (unpaired) electrons. The van der Waals surface area contributed by atoms with E-state index in [0.29, 0.717) is 12.3 Å². The molecule has 1 N–H and O–H groups in total. The minimum atomic E-state index is -0.857. The van der Waals surface area contributed by atoms with Gasteiger partial charge in [0.1, 0.15) is 0 Å². The monoisotopic (exact) mass is 376 g/mol. The Labute approximate surface area is 155 Å². The van der Waals surface area contributed by atoms with Crippen LogP contribution in [0.1, 0.15) is 22.7 Å². The molecule has 1 atom stereocenters. The van der Waals surface area contributed by atoms with Crippen LogP contribution in [0.25, 0.3) is 0 Å². The maximum atomic E-state index is 12.6. The van der Waals surface area contributed by atoms with Crippen molar-refractivity contribution >= 4 is 35.0 Å². The van der Waals surface area contributed by atoms with E-state index in [1.54, 1.807) is 28.0 Å². The standard InChI is InChI=1S/C18H20N2O3S2/c21-17(20-6-7-24-12-15(20)10-18(22)23)9-14-11-25-16(19-14)8-13-4-2-1-3-5-13/h1-5,11,15H,6-10,12H2,(H,22,23). The highest BCUT2D eigenvalue weighted by Gasteiger charge is 2.29. The van der Waals surface area contributed by atoms with Gasteiger partial charge in [-0.2, -0.15) is 11.8 Å². The van der Waals surface area contributed by atoms with Crippen LogP contribution in [-0.2, 0) is 22.4 Å². The average Bonchev–Trinajstić information content (AvgIpc) is 3.02. The number of hydrogen-bond acceptors (Lipinski definition) is 5. The third-order valence-corrected chi connectivity index (χ3v) is 6.08. The number of amides is 1. The highest BCUT2D eigenvalue weighted by molar-refractivity contribution is 7.99. The Morgan fingerprint density at radius 2 is 2.08 bits per heavy atom. The number of hydrogen-bond donors (Lipinski definition) is 1.